The lowest BCUT2D eigenvalue weighted by atomic mass is 10.3. The van der Waals surface area contributed by atoms with Crippen molar-refractivity contribution < 1.29 is 0 Å². The van der Waals surface area contributed by atoms with Crippen LogP contribution in [-0.2, 0) is 6.54 Å². The average Bonchev–Trinajstić information content (AvgIpc) is 2.33. The molecule has 2 heterocycles. The number of aromatic nitrogens is 1. The summed E-state index contributed by atoms with van der Waals surface area (Å²) < 4.78 is 0.979. The second kappa shape index (κ2) is 5.80. The monoisotopic (exact) mass is 267 g/mol. The van der Waals surface area contributed by atoms with Crippen LogP contribution in [0.2, 0.25) is 0 Å². The van der Waals surface area contributed by atoms with Gasteiger partial charge >= 0.3 is 0 Å². The van der Waals surface area contributed by atoms with Gasteiger partial charge in [0, 0.05) is 12.2 Å². The molecule has 1 aliphatic rings. The van der Waals surface area contributed by atoms with E-state index in [2.05, 4.69) is 28.6 Å². The number of nitrogens with zero attached hydrogens (tertiary/aromatic N) is 3. The van der Waals surface area contributed by atoms with E-state index in [-0.39, 0.29) is 0 Å². The van der Waals surface area contributed by atoms with Gasteiger partial charge in [-0.15, -0.1) is 0 Å². The predicted octanol–water partition coefficient (Wildman–Crippen LogP) is 2.54. The van der Waals surface area contributed by atoms with Crippen molar-refractivity contribution in [3.05, 3.63) is 30.1 Å². The van der Waals surface area contributed by atoms with Gasteiger partial charge in [-0.2, -0.15) is 0 Å². The van der Waals surface area contributed by atoms with Crippen molar-refractivity contribution in [3.8, 4) is 0 Å². The van der Waals surface area contributed by atoms with Crippen LogP contribution in [0.25, 0.3) is 0 Å². The molecular formula is C12H17N3S2. The van der Waals surface area contributed by atoms with Crippen LogP contribution in [0.3, 0.4) is 0 Å². The van der Waals surface area contributed by atoms with Gasteiger partial charge in [0.15, 0.2) is 0 Å². The second-order valence-corrected chi connectivity index (χ2v) is 5.96. The van der Waals surface area contributed by atoms with Crippen LogP contribution in [0.5, 0.6) is 0 Å². The third-order valence-electron chi connectivity index (χ3n) is 2.77. The van der Waals surface area contributed by atoms with Gasteiger partial charge in [-0.05, 0) is 26.0 Å². The maximum atomic E-state index is 5.40. The number of pyridine rings is 1. The molecule has 3 nitrogen and oxygen atoms in total. The second-order valence-electron chi connectivity index (χ2n) is 4.38. The van der Waals surface area contributed by atoms with E-state index in [9.17, 15) is 0 Å². The van der Waals surface area contributed by atoms with Crippen molar-refractivity contribution in [1.82, 2.24) is 14.8 Å². The molecule has 5 heteroatoms. The lowest BCUT2D eigenvalue weighted by Gasteiger charge is -2.38. The molecule has 1 aliphatic heterocycles. The molecule has 1 fully saturated rings. The van der Waals surface area contributed by atoms with E-state index < -0.39 is 0 Å². The van der Waals surface area contributed by atoms with Crippen LogP contribution in [0.15, 0.2) is 24.4 Å². The van der Waals surface area contributed by atoms with Crippen LogP contribution >= 0.6 is 24.0 Å². The minimum absolute atomic E-state index is 0.553. The first-order chi connectivity index (χ1) is 8.16. The summed E-state index contributed by atoms with van der Waals surface area (Å²) in [6.45, 7) is 6.14. The summed E-state index contributed by atoms with van der Waals surface area (Å²) >= 11 is 7.14. The molecule has 0 atom stereocenters. The first-order valence-electron chi connectivity index (χ1n) is 5.72. The molecule has 1 aromatic rings. The molecule has 0 spiro atoms. The van der Waals surface area contributed by atoms with Gasteiger partial charge < -0.3 is 4.90 Å². The molecule has 0 aromatic carbocycles. The Morgan fingerprint density at radius 1 is 1.47 bits per heavy atom. The lowest BCUT2D eigenvalue weighted by Crippen LogP contribution is -2.47. The van der Waals surface area contributed by atoms with Crippen molar-refractivity contribution in [2.45, 2.75) is 26.4 Å². The Bertz CT molecular complexity index is 381. The van der Waals surface area contributed by atoms with Crippen LogP contribution in [0.1, 0.15) is 19.5 Å². The molecule has 0 unspecified atom stereocenters. The first kappa shape index (κ1) is 12.8. The average molecular weight is 267 g/mol. The molecule has 92 valence electrons. The fourth-order valence-corrected chi connectivity index (χ4v) is 2.90. The molecule has 1 aromatic heterocycles. The molecular weight excluding hydrogens is 250 g/mol. The zero-order valence-electron chi connectivity index (χ0n) is 10.2. The van der Waals surface area contributed by atoms with Gasteiger partial charge in [-0.1, -0.05) is 30.0 Å². The third kappa shape index (κ3) is 3.40. The molecule has 0 saturated carbocycles. The molecule has 0 amide bonds. The van der Waals surface area contributed by atoms with Crippen molar-refractivity contribution in [1.29, 1.82) is 0 Å². The van der Waals surface area contributed by atoms with Gasteiger partial charge in [0.25, 0.3) is 0 Å². The maximum Gasteiger partial charge on any atom is 0.139 e. The van der Waals surface area contributed by atoms with Crippen molar-refractivity contribution in [2.75, 3.05) is 12.5 Å². The van der Waals surface area contributed by atoms with E-state index in [1.807, 2.05) is 24.4 Å². The van der Waals surface area contributed by atoms with E-state index in [1.54, 1.807) is 11.8 Å². The summed E-state index contributed by atoms with van der Waals surface area (Å²) in [5, 5.41) is 0. The van der Waals surface area contributed by atoms with Crippen LogP contribution in [-0.4, -0.2) is 37.7 Å². The lowest BCUT2D eigenvalue weighted by molar-refractivity contribution is 0.170. The van der Waals surface area contributed by atoms with Crippen LogP contribution in [0.4, 0.5) is 0 Å². The fourth-order valence-electron chi connectivity index (χ4n) is 1.66. The van der Waals surface area contributed by atoms with Gasteiger partial charge in [-0.25, -0.2) is 0 Å². The van der Waals surface area contributed by atoms with Crippen molar-refractivity contribution in [2.24, 2.45) is 0 Å². The van der Waals surface area contributed by atoms with E-state index in [0.29, 0.717) is 6.04 Å². The summed E-state index contributed by atoms with van der Waals surface area (Å²) in [4.78, 5) is 8.97. The third-order valence-corrected chi connectivity index (χ3v) is 4.35. The largest absolute Gasteiger partial charge is 0.339 e. The predicted molar refractivity (Wildman–Crippen MR) is 76.7 cm³/mol. The Morgan fingerprint density at radius 3 is 2.94 bits per heavy atom. The highest BCUT2D eigenvalue weighted by Gasteiger charge is 2.23. The SMILES string of the molecule is CC(C)N1CSC(=S)N(Cc2ccccn2)C1. The highest BCUT2D eigenvalue weighted by atomic mass is 32.2. The van der Waals surface area contributed by atoms with E-state index in [0.717, 1.165) is 29.1 Å². The minimum Gasteiger partial charge on any atom is -0.339 e. The first-order valence-corrected chi connectivity index (χ1v) is 7.12. The summed E-state index contributed by atoms with van der Waals surface area (Å²) in [5.41, 5.74) is 1.07. The van der Waals surface area contributed by atoms with Crippen LogP contribution < -0.4 is 0 Å². The van der Waals surface area contributed by atoms with E-state index in [4.69, 9.17) is 12.2 Å². The van der Waals surface area contributed by atoms with Crippen LogP contribution in [0, 0.1) is 0 Å². The van der Waals surface area contributed by atoms with Crippen molar-refractivity contribution >= 4 is 28.3 Å². The quantitative estimate of drug-likeness (QED) is 0.782. The van der Waals surface area contributed by atoms with Gasteiger partial charge in [0.1, 0.15) is 4.32 Å². The van der Waals surface area contributed by atoms with Gasteiger partial charge in [0.2, 0.25) is 0 Å². The highest BCUT2D eigenvalue weighted by Crippen LogP contribution is 2.21. The highest BCUT2D eigenvalue weighted by molar-refractivity contribution is 8.22. The number of hydrogen-bond donors (Lipinski definition) is 0. The van der Waals surface area contributed by atoms with Gasteiger partial charge in [0.05, 0.1) is 24.8 Å². The number of thiocarbonyl (C=S) groups is 1. The zero-order valence-corrected chi connectivity index (χ0v) is 11.8. The Labute approximate surface area is 112 Å². The number of thioether (sulfide) groups is 1. The zero-order chi connectivity index (χ0) is 12.3. The minimum atomic E-state index is 0.553. The summed E-state index contributed by atoms with van der Waals surface area (Å²) in [6, 6.07) is 6.55. The topological polar surface area (TPSA) is 19.4 Å². The molecule has 1 saturated heterocycles. The molecule has 17 heavy (non-hydrogen) atoms. The maximum absolute atomic E-state index is 5.40. The Balaban J connectivity index is 2.01. The van der Waals surface area contributed by atoms with E-state index in [1.165, 1.54) is 0 Å². The van der Waals surface area contributed by atoms with Crippen molar-refractivity contribution in [3.63, 3.8) is 0 Å². The summed E-state index contributed by atoms with van der Waals surface area (Å²) in [6.07, 6.45) is 1.83. The molecule has 0 N–H and O–H groups in total. The molecule has 0 aliphatic carbocycles. The Kier molecular flexibility index (Phi) is 4.36. The smallest absolute Gasteiger partial charge is 0.139 e. The normalized spacial score (nSPS) is 17.8. The molecule has 0 radical (unpaired) electrons. The van der Waals surface area contributed by atoms with Gasteiger partial charge in [-0.3, -0.25) is 9.88 Å². The number of rotatable bonds is 3. The fraction of sp³-hybridized carbons (Fsp3) is 0.500. The summed E-state index contributed by atoms with van der Waals surface area (Å²) in [5.74, 6) is 0.995. The summed E-state index contributed by atoms with van der Waals surface area (Å²) in [7, 11) is 0. The molecule has 0 bridgehead atoms. The molecule has 2 rings (SSSR count). The Hall–Kier alpha value is -0.650. The van der Waals surface area contributed by atoms with E-state index >= 15 is 0 Å². The standard InChI is InChI=1S/C12H17N3S2/c1-10(2)15-8-14(12(16)17-9-15)7-11-5-3-4-6-13-11/h3-6,10H,7-9H2,1-2H3. The number of hydrogen-bond acceptors (Lipinski definition) is 4. The Morgan fingerprint density at radius 2 is 2.29 bits per heavy atom.